The number of rotatable bonds is 6. The van der Waals surface area contributed by atoms with E-state index in [1.165, 1.54) is 11.3 Å². The molecule has 2 aromatic rings. The van der Waals surface area contributed by atoms with Gasteiger partial charge in [0.1, 0.15) is 13.2 Å². The fourth-order valence-corrected chi connectivity index (χ4v) is 2.78. The zero-order chi connectivity index (χ0) is 15.4. The van der Waals surface area contributed by atoms with Crippen LogP contribution in [0.3, 0.4) is 0 Å². The normalized spacial score (nSPS) is 14.8. The molecule has 1 unspecified atom stereocenters. The van der Waals surface area contributed by atoms with Gasteiger partial charge in [-0.2, -0.15) is 0 Å². The molecule has 5 nitrogen and oxygen atoms in total. The number of nitrogens with one attached hydrogen (secondary N) is 1. The van der Waals surface area contributed by atoms with Crippen LogP contribution in [0.4, 0.5) is 0 Å². The maximum atomic E-state index is 5.68. The van der Waals surface area contributed by atoms with Gasteiger partial charge in [-0.1, -0.05) is 13.0 Å². The molecule has 0 bridgehead atoms. The Kier molecular flexibility index (Phi) is 4.63. The van der Waals surface area contributed by atoms with Crippen molar-refractivity contribution in [3.63, 3.8) is 0 Å². The number of hydrogen-bond donors (Lipinski definition) is 1. The van der Waals surface area contributed by atoms with Crippen LogP contribution >= 0.6 is 0 Å². The Labute approximate surface area is 131 Å². The number of imidazole rings is 1. The van der Waals surface area contributed by atoms with Gasteiger partial charge in [0, 0.05) is 25.3 Å². The summed E-state index contributed by atoms with van der Waals surface area (Å²) in [5.41, 5.74) is 2.44. The van der Waals surface area contributed by atoms with E-state index in [-0.39, 0.29) is 6.04 Å². The molecule has 1 aromatic carbocycles. The molecule has 22 heavy (non-hydrogen) atoms. The molecule has 1 aromatic heterocycles. The third kappa shape index (κ3) is 3.09. The molecule has 1 aliphatic rings. The molecular weight excluding hydrogens is 278 g/mol. The summed E-state index contributed by atoms with van der Waals surface area (Å²) in [5, 5.41) is 3.61. The van der Waals surface area contributed by atoms with Crippen LogP contribution in [0.15, 0.2) is 30.7 Å². The standard InChI is InChI=1S/C17H23N3O2/c1-3-15(19-11-14-10-18-12-20(14)4-2)13-5-6-16-17(9-13)22-8-7-21-16/h5-6,9-10,12,15,19H,3-4,7-8,11H2,1-2H3. The van der Waals surface area contributed by atoms with Gasteiger partial charge in [0.2, 0.25) is 0 Å². The first-order chi connectivity index (χ1) is 10.8. The summed E-state index contributed by atoms with van der Waals surface area (Å²) in [5.74, 6) is 1.69. The monoisotopic (exact) mass is 301 g/mol. The smallest absolute Gasteiger partial charge is 0.161 e. The molecule has 3 rings (SSSR count). The summed E-state index contributed by atoms with van der Waals surface area (Å²) in [6, 6.07) is 6.50. The molecule has 0 radical (unpaired) electrons. The summed E-state index contributed by atoms with van der Waals surface area (Å²) < 4.78 is 13.4. The molecule has 0 spiro atoms. The average Bonchev–Trinajstić information content (AvgIpc) is 3.03. The first-order valence-electron chi connectivity index (χ1n) is 7.93. The number of aryl methyl sites for hydroxylation is 1. The zero-order valence-corrected chi connectivity index (χ0v) is 13.2. The highest BCUT2D eigenvalue weighted by Crippen LogP contribution is 2.33. The van der Waals surface area contributed by atoms with Crippen LogP contribution in [0.25, 0.3) is 0 Å². The fraction of sp³-hybridized carbons (Fsp3) is 0.471. The number of aromatic nitrogens is 2. The molecule has 0 fully saturated rings. The number of fused-ring (bicyclic) bond motifs is 1. The predicted octanol–water partition coefficient (Wildman–Crippen LogP) is 2.92. The van der Waals surface area contributed by atoms with Gasteiger partial charge in [0.15, 0.2) is 11.5 Å². The van der Waals surface area contributed by atoms with E-state index >= 15 is 0 Å². The van der Waals surface area contributed by atoms with Crippen molar-refractivity contribution >= 4 is 0 Å². The first-order valence-corrected chi connectivity index (χ1v) is 7.93. The van der Waals surface area contributed by atoms with Crippen LogP contribution in [0.1, 0.15) is 37.6 Å². The van der Waals surface area contributed by atoms with Crippen LogP contribution in [0.2, 0.25) is 0 Å². The lowest BCUT2D eigenvalue weighted by molar-refractivity contribution is 0.171. The third-order valence-corrected chi connectivity index (χ3v) is 4.05. The Balaban J connectivity index is 1.71. The molecule has 5 heteroatoms. The second kappa shape index (κ2) is 6.83. The van der Waals surface area contributed by atoms with Crippen molar-refractivity contribution in [1.29, 1.82) is 0 Å². The summed E-state index contributed by atoms with van der Waals surface area (Å²) >= 11 is 0. The number of ether oxygens (including phenoxy) is 2. The number of nitrogens with zero attached hydrogens (tertiary/aromatic N) is 2. The summed E-state index contributed by atoms with van der Waals surface area (Å²) in [6.45, 7) is 7.31. The van der Waals surface area contributed by atoms with E-state index in [1.807, 2.05) is 18.6 Å². The first kappa shape index (κ1) is 14.9. The van der Waals surface area contributed by atoms with E-state index in [1.54, 1.807) is 0 Å². The molecule has 1 atom stereocenters. The number of hydrogen-bond acceptors (Lipinski definition) is 4. The lowest BCUT2D eigenvalue weighted by atomic mass is 10.0. The van der Waals surface area contributed by atoms with Crippen LogP contribution in [-0.2, 0) is 13.1 Å². The van der Waals surface area contributed by atoms with Crippen molar-refractivity contribution in [3.8, 4) is 11.5 Å². The largest absolute Gasteiger partial charge is 0.486 e. The highest BCUT2D eigenvalue weighted by molar-refractivity contribution is 5.44. The van der Waals surface area contributed by atoms with Crippen LogP contribution < -0.4 is 14.8 Å². The van der Waals surface area contributed by atoms with Gasteiger partial charge in [0.25, 0.3) is 0 Å². The molecule has 0 saturated heterocycles. The number of benzene rings is 1. The Hall–Kier alpha value is -2.01. The summed E-state index contributed by atoms with van der Waals surface area (Å²) in [6.07, 6.45) is 4.81. The quantitative estimate of drug-likeness (QED) is 0.891. The van der Waals surface area contributed by atoms with Crippen molar-refractivity contribution in [2.45, 2.75) is 39.4 Å². The van der Waals surface area contributed by atoms with Crippen LogP contribution in [0.5, 0.6) is 11.5 Å². The molecule has 0 aliphatic carbocycles. The Morgan fingerprint density at radius 2 is 2.05 bits per heavy atom. The summed E-state index contributed by atoms with van der Waals surface area (Å²) in [7, 11) is 0. The molecule has 0 amide bonds. The van der Waals surface area contributed by atoms with Crippen molar-refractivity contribution in [2.24, 2.45) is 0 Å². The van der Waals surface area contributed by atoms with Crippen LogP contribution in [0, 0.1) is 0 Å². The van der Waals surface area contributed by atoms with Gasteiger partial charge in [-0.25, -0.2) is 4.98 Å². The maximum absolute atomic E-state index is 5.68. The molecular formula is C17H23N3O2. The zero-order valence-electron chi connectivity index (χ0n) is 13.2. The van der Waals surface area contributed by atoms with E-state index < -0.39 is 0 Å². The Morgan fingerprint density at radius 3 is 2.82 bits per heavy atom. The fourth-order valence-electron chi connectivity index (χ4n) is 2.78. The van der Waals surface area contributed by atoms with E-state index in [9.17, 15) is 0 Å². The lowest BCUT2D eigenvalue weighted by Crippen LogP contribution is -2.22. The van der Waals surface area contributed by atoms with Crippen molar-refractivity contribution in [3.05, 3.63) is 42.0 Å². The average molecular weight is 301 g/mol. The minimum absolute atomic E-state index is 0.288. The predicted molar refractivity (Wildman–Crippen MR) is 85.2 cm³/mol. The molecule has 1 aliphatic heterocycles. The third-order valence-electron chi connectivity index (χ3n) is 4.05. The van der Waals surface area contributed by atoms with Crippen molar-refractivity contribution < 1.29 is 9.47 Å². The second-order valence-electron chi connectivity index (χ2n) is 5.42. The van der Waals surface area contributed by atoms with E-state index in [0.29, 0.717) is 13.2 Å². The SMILES string of the molecule is CCC(NCc1cncn1CC)c1ccc2c(c1)OCCO2. The van der Waals surface area contributed by atoms with E-state index in [2.05, 4.69) is 40.8 Å². The summed E-state index contributed by atoms with van der Waals surface area (Å²) in [4.78, 5) is 4.21. The van der Waals surface area contributed by atoms with E-state index in [4.69, 9.17) is 9.47 Å². The van der Waals surface area contributed by atoms with Gasteiger partial charge < -0.3 is 19.4 Å². The second-order valence-corrected chi connectivity index (χ2v) is 5.42. The van der Waals surface area contributed by atoms with Crippen molar-refractivity contribution in [2.75, 3.05) is 13.2 Å². The highest BCUT2D eigenvalue weighted by Gasteiger charge is 2.16. The minimum atomic E-state index is 0.288. The maximum Gasteiger partial charge on any atom is 0.161 e. The van der Waals surface area contributed by atoms with Gasteiger partial charge in [0.05, 0.1) is 12.0 Å². The minimum Gasteiger partial charge on any atom is -0.486 e. The van der Waals surface area contributed by atoms with Crippen molar-refractivity contribution in [1.82, 2.24) is 14.9 Å². The highest BCUT2D eigenvalue weighted by atomic mass is 16.6. The van der Waals surface area contributed by atoms with E-state index in [0.717, 1.165) is 31.0 Å². The molecule has 0 saturated carbocycles. The van der Waals surface area contributed by atoms with Gasteiger partial charge in [-0.05, 0) is 31.0 Å². The molecule has 2 heterocycles. The Bertz CT molecular complexity index is 624. The molecule has 118 valence electrons. The van der Waals surface area contributed by atoms with Gasteiger partial charge in [-0.3, -0.25) is 0 Å². The topological polar surface area (TPSA) is 48.3 Å². The van der Waals surface area contributed by atoms with Crippen LogP contribution in [-0.4, -0.2) is 22.8 Å². The van der Waals surface area contributed by atoms with Gasteiger partial charge in [-0.15, -0.1) is 0 Å². The Morgan fingerprint density at radius 1 is 1.23 bits per heavy atom. The molecule has 1 N–H and O–H groups in total. The van der Waals surface area contributed by atoms with Gasteiger partial charge >= 0.3 is 0 Å². The lowest BCUT2D eigenvalue weighted by Gasteiger charge is -2.22.